The van der Waals surface area contributed by atoms with Gasteiger partial charge in [-0.3, -0.25) is 0 Å². The fourth-order valence-electron chi connectivity index (χ4n) is 0.204. The minimum absolute atomic E-state index is 0.343. The molecule has 0 aromatic carbocycles. The number of rotatable bonds is 0. The van der Waals surface area contributed by atoms with Crippen LogP contribution in [0, 0.1) is 0 Å². The summed E-state index contributed by atoms with van der Waals surface area (Å²) in [5, 5.41) is 0. The smallest absolute Gasteiger partial charge is 0.117 e. The molecule has 1 aliphatic heterocycles. The normalized spacial score (nSPS) is 26.7. The third kappa shape index (κ3) is 2.37. The summed E-state index contributed by atoms with van der Waals surface area (Å²) in [6.45, 7) is 8.73. The van der Waals surface area contributed by atoms with Crippen LogP contribution in [0.5, 0.6) is 0 Å². The first kappa shape index (κ1) is 6.66. The molecule has 0 radical (unpaired) electrons. The molecule has 0 N–H and O–H groups in total. The highest BCUT2D eigenvalue weighted by Gasteiger charge is 2.11. The van der Waals surface area contributed by atoms with Crippen LogP contribution in [0.1, 0.15) is 6.92 Å². The molecule has 1 saturated heterocycles. The predicted octanol–water partition coefficient (Wildman–Crippen LogP) is 1.14. The van der Waals surface area contributed by atoms with Crippen molar-refractivity contribution in [2.45, 2.75) is 13.0 Å². The molecule has 1 unspecified atom stereocenters. The Morgan fingerprint density at radius 3 is 1.86 bits per heavy atom. The van der Waals surface area contributed by atoms with Gasteiger partial charge < -0.3 is 0 Å². The zero-order valence-electron chi connectivity index (χ0n) is 4.52. The minimum Gasteiger partial charge on any atom is -0.234 e. The van der Waals surface area contributed by atoms with Gasteiger partial charge in [0.05, 0.1) is 0 Å². The molecule has 1 fully saturated rings. The van der Waals surface area contributed by atoms with E-state index in [1.165, 1.54) is 0 Å². The average molecular weight is 102 g/mol. The van der Waals surface area contributed by atoms with Crippen molar-refractivity contribution in [3.63, 3.8) is 0 Å². The van der Waals surface area contributed by atoms with Gasteiger partial charge in [-0.05, 0) is 6.92 Å². The SMILES string of the molecule is C=C.CC1COO1. The molecule has 2 heteroatoms. The second-order valence-corrected chi connectivity index (χ2v) is 1.19. The Hall–Kier alpha value is -0.340. The van der Waals surface area contributed by atoms with Gasteiger partial charge in [-0.1, -0.05) is 0 Å². The summed E-state index contributed by atoms with van der Waals surface area (Å²) >= 11 is 0. The zero-order valence-corrected chi connectivity index (χ0v) is 4.52. The maximum absolute atomic E-state index is 4.43. The minimum atomic E-state index is 0.343. The van der Waals surface area contributed by atoms with Crippen molar-refractivity contribution in [3.8, 4) is 0 Å². The quantitative estimate of drug-likeness (QED) is 0.337. The summed E-state index contributed by atoms with van der Waals surface area (Å²) in [4.78, 5) is 8.77. The molecule has 1 aliphatic rings. The van der Waals surface area contributed by atoms with Gasteiger partial charge in [0.15, 0.2) is 0 Å². The largest absolute Gasteiger partial charge is 0.234 e. The van der Waals surface area contributed by atoms with E-state index in [0.717, 1.165) is 6.61 Å². The van der Waals surface area contributed by atoms with E-state index >= 15 is 0 Å². The summed E-state index contributed by atoms with van der Waals surface area (Å²) < 4.78 is 0. The molecular weight excluding hydrogens is 92.1 g/mol. The van der Waals surface area contributed by atoms with Crippen molar-refractivity contribution in [2.75, 3.05) is 6.61 Å². The van der Waals surface area contributed by atoms with Gasteiger partial charge in [0, 0.05) is 0 Å². The van der Waals surface area contributed by atoms with Crippen molar-refractivity contribution in [1.82, 2.24) is 0 Å². The lowest BCUT2D eigenvalue weighted by atomic mass is 10.4. The Labute approximate surface area is 43.7 Å². The molecule has 0 aliphatic carbocycles. The average Bonchev–Trinajstić information content (AvgIpc) is 1.68. The summed E-state index contributed by atoms with van der Waals surface area (Å²) in [7, 11) is 0. The molecule has 42 valence electrons. The highest BCUT2D eigenvalue weighted by atomic mass is 17.2. The van der Waals surface area contributed by atoms with Gasteiger partial charge in [-0.2, -0.15) is 0 Å². The Morgan fingerprint density at radius 1 is 1.57 bits per heavy atom. The van der Waals surface area contributed by atoms with E-state index in [1.807, 2.05) is 6.92 Å². The second kappa shape index (κ2) is 3.84. The van der Waals surface area contributed by atoms with Crippen molar-refractivity contribution >= 4 is 0 Å². The Bertz CT molecular complexity index is 41.3. The van der Waals surface area contributed by atoms with Gasteiger partial charge in [0.1, 0.15) is 12.7 Å². The van der Waals surface area contributed by atoms with Gasteiger partial charge in [0.2, 0.25) is 0 Å². The summed E-state index contributed by atoms with van der Waals surface area (Å²) in [6.07, 6.45) is 0.343. The first-order valence-corrected chi connectivity index (χ1v) is 2.18. The van der Waals surface area contributed by atoms with E-state index in [2.05, 4.69) is 22.9 Å². The molecule has 0 saturated carbocycles. The lowest BCUT2D eigenvalue weighted by Crippen LogP contribution is -2.26. The maximum atomic E-state index is 4.43. The Morgan fingerprint density at radius 2 is 1.86 bits per heavy atom. The van der Waals surface area contributed by atoms with Crippen LogP contribution in [0.3, 0.4) is 0 Å². The molecule has 0 bridgehead atoms. The first-order valence-electron chi connectivity index (χ1n) is 2.18. The molecule has 2 nitrogen and oxygen atoms in total. The van der Waals surface area contributed by atoms with Crippen molar-refractivity contribution < 1.29 is 9.78 Å². The fraction of sp³-hybridized carbons (Fsp3) is 0.600. The summed E-state index contributed by atoms with van der Waals surface area (Å²) in [5.74, 6) is 0. The lowest BCUT2D eigenvalue weighted by molar-refractivity contribution is -0.419. The first-order chi connectivity index (χ1) is 3.39. The Kier molecular flexibility index (Phi) is 3.65. The topological polar surface area (TPSA) is 18.5 Å². The van der Waals surface area contributed by atoms with Gasteiger partial charge in [-0.15, -0.1) is 13.2 Å². The maximum Gasteiger partial charge on any atom is 0.117 e. The second-order valence-electron chi connectivity index (χ2n) is 1.19. The molecule has 1 rings (SSSR count). The van der Waals surface area contributed by atoms with E-state index < -0.39 is 0 Å². The van der Waals surface area contributed by atoms with Crippen LogP contribution in [0.2, 0.25) is 0 Å². The van der Waals surface area contributed by atoms with E-state index in [1.54, 1.807) is 0 Å². The third-order valence-corrected chi connectivity index (χ3v) is 0.535. The molecule has 0 spiro atoms. The third-order valence-electron chi connectivity index (χ3n) is 0.535. The van der Waals surface area contributed by atoms with E-state index in [-0.39, 0.29) is 0 Å². The van der Waals surface area contributed by atoms with E-state index in [9.17, 15) is 0 Å². The van der Waals surface area contributed by atoms with Crippen LogP contribution in [-0.2, 0) is 9.78 Å². The number of hydrogen-bond donors (Lipinski definition) is 0. The highest BCUT2D eigenvalue weighted by molar-refractivity contribution is 4.45. The van der Waals surface area contributed by atoms with Crippen LogP contribution in [0.25, 0.3) is 0 Å². The molecule has 7 heavy (non-hydrogen) atoms. The van der Waals surface area contributed by atoms with Crippen molar-refractivity contribution in [3.05, 3.63) is 13.2 Å². The highest BCUT2D eigenvalue weighted by Crippen LogP contribution is 2.02. The zero-order chi connectivity index (χ0) is 5.70. The standard InChI is InChI=1S/C3H6O2.C2H4/c1-3-2-4-5-3;1-2/h3H,2H2,1H3;1-2H2. The fourth-order valence-corrected chi connectivity index (χ4v) is 0.204. The molecular formula is C5H10O2. The van der Waals surface area contributed by atoms with E-state index in [4.69, 9.17) is 0 Å². The van der Waals surface area contributed by atoms with Crippen LogP contribution < -0.4 is 0 Å². The summed E-state index contributed by atoms with van der Waals surface area (Å²) in [5.41, 5.74) is 0. The number of hydrogen-bond acceptors (Lipinski definition) is 2. The van der Waals surface area contributed by atoms with Crippen LogP contribution in [0.4, 0.5) is 0 Å². The lowest BCUT2D eigenvalue weighted by Gasteiger charge is -2.18. The molecule has 1 heterocycles. The van der Waals surface area contributed by atoms with E-state index in [0.29, 0.717) is 6.10 Å². The van der Waals surface area contributed by atoms with Gasteiger partial charge >= 0.3 is 0 Å². The van der Waals surface area contributed by atoms with Gasteiger partial charge in [-0.25, -0.2) is 9.78 Å². The van der Waals surface area contributed by atoms with Crippen LogP contribution in [-0.4, -0.2) is 12.7 Å². The van der Waals surface area contributed by atoms with Gasteiger partial charge in [0.25, 0.3) is 0 Å². The van der Waals surface area contributed by atoms with Crippen LogP contribution >= 0.6 is 0 Å². The summed E-state index contributed by atoms with van der Waals surface area (Å²) in [6, 6.07) is 0. The van der Waals surface area contributed by atoms with Crippen molar-refractivity contribution in [2.24, 2.45) is 0 Å². The molecule has 0 aromatic heterocycles. The monoisotopic (exact) mass is 102 g/mol. The molecule has 0 aromatic rings. The predicted molar refractivity (Wildman–Crippen MR) is 27.8 cm³/mol. The van der Waals surface area contributed by atoms with Crippen molar-refractivity contribution in [1.29, 1.82) is 0 Å². The van der Waals surface area contributed by atoms with Crippen LogP contribution in [0.15, 0.2) is 13.2 Å². The molecule has 0 amide bonds. The molecule has 1 atom stereocenters. The Balaban J connectivity index is 0.000000162.